The van der Waals surface area contributed by atoms with Crippen molar-refractivity contribution >= 4 is 5.82 Å². The summed E-state index contributed by atoms with van der Waals surface area (Å²) >= 11 is 0. The maximum atomic E-state index is 12.4. The summed E-state index contributed by atoms with van der Waals surface area (Å²) in [6.07, 6.45) is -4.47. The molecule has 2 N–H and O–H groups in total. The van der Waals surface area contributed by atoms with E-state index in [4.69, 9.17) is 5.73 Å². The Morgan fingerprint density at radius 2 is 1.59 bits per heavy atom. The quantitative estimate of drug-likeness (QED) is 0.827. The van der Waals surface area contributed by atoms with E-state index < -0.39 is 11.9 Å². The summed E-state index contributed by atoms with van der Waals surface area (Å²) < 4.78 is 37.2. The van der Waals surface area contributed by atoms with Crippen LogP contribution in [0.25, 0.3) is 11.1 Å². The third-order valence-electron chi connectivity index (χ3n) is 2.30. The van der Waals surface area contributed by atoms with Crippen molar-refractivity contribution in [2.45, 2.75) is 6.18 Å². The molecule has 0 aliphatic carbocycles. The highest BCUT2D eigenvalue weighted by Crippen LogP contribution is 2.31. The molecule has 5 heteroatoms. The molecule has 1 aromatic heterocycles. The summed E-state index contributed by atoms with van der Waals surface area (Å²) in [6.45, 7) is 0. The summed E-state index contributed by atoms with van der Waals surface area (Å²) in [5, 5.41) is 0. The summed E-state index contributed by atoms with van der Waals surface area (Å²) in [7, 11) is 0. The lowest BCUT2D eigenvalue weighted by Crippen LogP contribution is -2.09. The third-order valence-corrected chi connectivity index (χ3v) is 2.30. The molecule has 2 aromatic rings. The first-order chi connectivity index (χ1) is 7.98. The van der Waals surface area contributed by atoms with Gasteiger partial charge in [0.2, 0.25) is 0 Å². The fourth-order valence-corrected chi connectivity index (χ4v) is 1.49. The fourth-order valence-electron chi connectivity index (χ4n) is 1.49. The van der Waals surface area contributed by atoms with Crippen LogP contribution in [0, 0.1) is 0 Å². The van der Waals surface area contributed by atoms with Crippen molar-refractivity contribution < 1.29 is 13.2 Å². The molecule has 0 radical (unpaired) electrons. The molecule has 0 aliphatic heterocycles. The Bertz CT molecular complexity index is 521. The zero-order valence-electron chi connectivity index (χ0n) is 8.70. The average Bonchev–Trinajstić information content (AvgIpc) is 2.29. The summed E-state index contributed by atoms with van der Waals surface area (Å²) in [6, 6.07) is 11.2. The van der Waals surface area contributed by atoms with Gasteiger partial charge in [-0.25, -0.2) is 4.98 Å². The number of nitrogens with zero attached hydrogens (tertiary/aromatic N) is 1. The van der Waals surface area contributed by atoms with Gasteiger partial charge in [-0.3, -0.25) is 0 Å². The molecule has 88 valence electrons. The van der Waals surface area contributed by atoms with E-state index in [1.165, 1.54) is 6.07 Å². The third kappa shape index (κ3) is 2.38. The van der Waals surface area contributed by atoms with Gasteiger partial charge in [-0.15, -0.1) is 0 Å². The first-order valence-corrected chi connectivity index (χ1v) is 4.87. The van der Waals surface area contributed by atoms with E-state index >= 15 is 0 Å². The summed E-state index contributed by atoms with van der Waals surface area (Å²) in [5.41, 5.74) is 5.80. The molecule has 0 spiro atoms. The Hall–Kier alpha value is -2.04. The number of nitrogens with two attached hydrogens (primary N) is 1. The molecule has 0 atom stereocenters. The van der Waals surface area contributed by atoms with Crippen LogP contribution in [0.5, 0.6) is 0 Å². The standard InChI is InChI=1S/C12H9F3N2/c13-12(14,15)10-7-6-9(11(16)17-10)8-4-2-1-3-5-8/h1-7H,(H2,16,17). The highest BCUT2D eigenvalue weighted by molar-refractivity contribution is 5.73. The molecule has 0 aliphatic rings. The second-order valence-electron chi connectivity index (χ2n) is 3.49. The number of alkyl halides is 3. The van der Waals surface area contributed by atoms with E-state index in [0.717, 1.165) is 11.6 Å². The van der Waals surface area contributed by atoms with E-state index in [9.17, 15) is 13.2 Å². The Morgan fingerprint density at radius 3 is 2.12 bits per heavy atom. The highest BCUT2D eigenvalue weighted by atomic mass is 19.4. The monoisotopic (exact) mass is 238 g/mol. The summed E-state index contributed by atoms with van der Waals surface area (Å²) in [4.78, 5) is 3.37. The van der Waals surface area contributed by atoms with Crippen molar-refractivity contribution in [3.8, 4) is 11.1 Å². The minimum Gasteiger partial charge on any atom is -0.383 e. The normalized spacial score (nSPS) is 11.5. The predicted octanol–water partition coefficient (Wildman–Crippen LogP) is 3.35. The van der Waals surface area contributed by atoms with Crippen LogP contribution in [-0.2, 0) is 6.18 Å². The van der Waals surface area contributed by atoms with Gasteiger partial charge in [0.1, 0.15) is 11.5 Å². The lowest BCUT2D eigenvalue weighted by molar-refractivity contribution is -0.141. The predicted molar refractivity (Wildman–Crippen MR) is 59.1 cm³/mol. The molecule has 0 saturated heterocycles. The number of aromatic nitrogens is 1. The number of hydrogen-bond acceptors (Lipinski definition) is 2. The molecule has 0 amide bonds. The van der Waals surface area contributed by atoms with Gasteiger partial charge in [-0.2, -0.15) is 13.2 Å². The smallest absolute Gasteiger partial charge is 0.383 e. The number of pyridine rings is 1. The number of halogens is 3. The van der Waals surface area contributed by atoms with Crippen molar-refractivity contribution in [1.29, 1.82) is 0 Å². The maximum absolute atomic E-state index is 12.4. The van der Waals surface area contributed by atoms with Gasteiger partial charge in [-0.05, 0) is 17.7 Å². The number of benzene rings is 1. The Labute approximate surface area is 95.9 Å². The fraction of sp³-hybridized carbons (Fsp3) is 0.0833. The van der Waals surface area contributed by atoms with Crippen LogP contribution in [0.1, 0.15) is 5.69 Å². The van der Waals surface area contributed by atoms with Crippen LogP contribution in [0.2, 0.25) is 0 Å². The van der Waals surface area contributed by atoms with Crippen LogP contribution in [-0.4, -0.2) is 4.98 Å². The van der Waals surface area contributed by atoms with Crippen LogP contribution in [0.4, 0.5) is 19.0 Å². The van der Waals surface area contributed by atoms with Gasteiger partial charge in [0, 0.05) is 5.56 Å². The number of anilines is 1. The van der Waals surface area contributed by atoms with Crippen LogP contribution in [0.3, 0.4) is 0 Å². The summed E-state index contributed by atoms with van der Waals surface area (Å²) in [5.74, 6) is -0.119. The molecule has 1 aromatic carbocycles. The largest absolute Gasteiger partial charge is 0.433 e. The average molecular weight is 238 g/mol. The highest BCUT2D eigenvalue weighted by Gasteiger charge is 2.32. The van der Waals surface area contributed by atoms with E-state index in [0.29, 0.717) is 5.56 Å². The van der Waals surface area contributed by atoms with Gasteiger partial charge in [0.15, 0.2) is 0 Å². The zero-order chi connectivity index (χ0) is 12.5. The van der Waals surface area contributed by atoms with Gasteiger partial charge in [0.25, 0.3) is 0 Å². The first-order valence-electron chi connectivity index (χ1n) is 4.87. The Kier molecular flexibility index (Phi) is 2.75. The Morgan fingerprint density at radius 1 is 0.941 bits per heavy atom. The zero-order valence-corrected chi connectivity index (χ0v) is 8.70. The molecular formula is C12H9F3N2. The number of nitrogen functional groups attached to an aromatic ring is 1. The molecule has 1 heterocycles. The SMILES string of the molecule is Nc1nc(C(F)(F)F)ccc1-c1ccccc1. The minimum absolute atomic E-state index is 0.119. The van der Waals surface area contributed by atoms with E-state index in [1.54, 1.807) is 24.3 Å². The van der Waals surface area contributed by atoms with E-state index in [2.05, 4.69) is 4.98 Å². The van der Waals surface area contributed by atoms with Crippen LogP contribution < -0.4 is 5.73 Å². The van der Waals surface area contributed by atoms with Crippen molar-refractivity contribution in [2.75, 3.05) is 5.73 Å². The van der Waals surface area contributed by atoms with Gasteiger partial charge >= 0.3 is 6.18 Å². The van der Waals surface area contributed by atoms with Gasteiger partial charge in [0.05, 0.1) is 0 Å². The molecule has 2 rings (SSSR count). The molecule has 0 unspecified atom stereocenters. The molecular weight excluding hydrogens is 229 g/mol. The molecule has 0 saturated carbocycles. The van der Waals surface area contributed by atoms with Gasteiger partial charge < -0.3 is 5.73 Å². The Balaban J connectivity index is 2.46. The number of rotatable bonds is 1. The van der Waals surface area contributed by atoms with Gasteiger partial charge in [-0.1, -0.05) is 30.3 Å². The molecule has 17 heavy (non-hydrogen) atoms. The van der Waals surface area contributed by atoms with Crippen molar-refractivity contribution in [2.24, 2.45) is 0 Å². The minimum atomic E-state index is -4.47. The van der Waals surface area contributed by atoms with Crippen molar-refractivity contribution in [1.82, 2.24) is 4.98 Å². The lowest BCUT2D eigenvalue weighted by Gasteiger charge is -2.09. The second-order valence-corrected chi connectivity index (χ2v) is 3.49. The van der Waals surface area contributed by atoms with E-state index in [-0.39, 0.29) is 5.82 Å². The molecule has 2 nitrogen and oxygen atoms in total. The number of hydrogen-bond donors (Lipinski definition) is 1. The second kappa shape index (κ2) is 4.08. The van der Waals surface area contributed by atoms with Crippen molar-refractivity contribution in [3.63, 3.8) is 0 Å². The van der Waals surface area contributed by atoms with Crippen LogP contribution >= 0.6 is 0 Å². The lowest BCUT2D eigenvalue weighted by atomic mass is 10.1. The van der Waals surface area contributed by atoms with Crippen LogP contribution in [0.15, 0.2) is 42.5 Å². The molecule has 0 bridgehead atoms. The topological polar surface area (TPSA) is 38.9 Å². The molecule has 0 fully saturated rings. The van der Waals surface area contributed by atoms with Crippen molar-refractivity contribution in [3.05, 3.63) is 48.2 Å². The van der Waals surface area contributed by atoms with E-state index in [1.807, 2.05) is 6.07 Å². The maximum Gasteiger partial charge on any atom is 0.433 e. The first kappa shape index (κ1) is 11.4.